The maximum Gasteiger partial charge on any atom is 0.338 e. The molecule has 2 aromatic rings. The van der Waals surface area contributed by atoms with Crippen LogP contribution in [0.2, 0.25) is 0 Å². The summed E-state index contributed by atoms with van der Waals surface area (Å²) < 4.78 is 10.2. The van der Waals surface area contributed by atoms with E-state index in [1.807, 2.05) is 26.8 Å². The van der Waals surface area contributed by atoms with Crippen LogP contribution in [0.1, 0.15) is 40.2 Å². The summed E-state index contributed by atoms with van der Waals surface area (Å²) >= 11 is 0. The SMILES string of the molecule is C=N/C(=N\c1cc(-c2c(C)noc2C)cc(C(=O)OC)c1C)C1CC1. The molecule has 0 spiro atoms. The van der Waals surface area contributed by atoms with E-state index in [9.17, 15) is 4.79 Å². The fourth-order valence-corrected chi connectivity index (χ4v) is 2.90. The summed E-state index contributed by atoms with van der Waals surface area (Å²) in [6, 6.07) is 3.73. The quantitative estimate of drug-likeness (QED) is 0.475. The lowest BCUT2D eigenvalue weighted by atomic mass is 9.97. The summed E-state index contributed by atoms with van der Waals surface area (Å²) in [7, 11) is 1.37. The zero-order valence-corrected chi connectivity index (χ0v) is 14.9. The molecule has 1 aromatic heterocycles. The van der Waals surface area contributed by atoms with Crippen LogP contribution in [0.5, 0.6) is 0 Å². The van der Waals surface area contributed by atoms with Gasteiger partial charge >= 0.3 is 5.97 Å². The highest BCUT2D eigenvalue weighted by Crippen LogP contribution is 2.37. The highest BCUT2D eigenvalue weighted by atomic mass is 16.5. The molecule has 1 aromatic carbocycles. The van der Waals surface area contributed by atoms with E-state index in [1.165, 1.54) is 7.11 Å². The predicted octanol–water partition coefficient (Wildman–Crippen LogP) is 4.19. The van der Waals surface area contributed by atoms with Crippen LogP contribution in [0.15, 0.2) is 26.6 Å². The molecule has 1 saturated carbocycles. The number of aryl methyl sites for hydroxylation is 2. The van der Waals surface area contributed by atoms with Crippen LogP contribution in [-0.4, -0.2) is 30.8 Å². The number of nitrogens with zero attached hydrogens (tertiary/aromatic N) is 3. The number of ether oxygens (including phenoxy) is 1. The summed E-state index contributed by atoms with van der Waals surface area (Å²) in [5, 5.41) is 4.00. The van der Waals surface area contributed by atoms with Gasteiger partial charge in [0.1, 0.15) is 11.6 Å². The Hall–Kier alpha value is -2.76. The summed E-state index contributed by atoms with van der Waals surface area (Å²) in [5.74, 6) is 1.37. The first-order valence-corrected chi connectivity index (χ1v) is 8.17. The second-order valence-electron chi connectivity index (χ2n) is 6.26. The monoisotopic (exact) mass is 339 g/mol. The molecule has 0 amide bonds. The first kappa shape index (κ1) is 17.1. The first-order valence-electron chi connectivity index (χ1n) is 8.17. The van der Waals surface area contributed by atoms with E-state index < -0.39 is 5.97 Å². The minimum absolute atomic E-state index is 0.362. The predicted molar refractivity (Wildman–Crippen MR) is 96.9 cm³/mol. The van der Waals surface area contributed by atoms with E-state index in [2.05, 4.69) is 21.9 Å². The Balaban J connectivity index is 2.22. The van der Waals surface area contributed by atoms with Crippen molar-refractivity contribution in [1.29, 1.82) is 0 Å². The first-order chi connectivity index (χ1) is 12.0. The third-order valence-electron chi connectivity index (χ3n) is 4.45. The third kappa shape index (κ3) is 3.24. The smallest absolute Gasteiger partial charge is 0.338 e. The third-order valence-corrected chi connectivity index (χ3v) is 4.45. The van der Waals surface area contributed by atoms with Gasteiger partial charge in [-0.3, -0.25) is 0 Å². The Morgan fingerprint density at radius 2 is 2.04 bits per heavy atom. The van der Waals surface area contributed by atoms with E-state index in [1.54, 1.807) is 6.07 Å². The number of benzene rings is 1. The molecule has 3 rings (SSSR count). The molecule has 6 nitrogen and oxygen atoms in total. The van der Waals surface area contributed by atoms with Gasteiger partial charge in [-0.05, 0) is 63.6 Å². The van der Waals surface area contributed by atoms with Crippen LogP contribution in [0, 0.1) is 26.7 Å². The van der Waals surface area contributed by atoms with Gasteiger partial charge < -0.3 is 9.26 Å². The number of rotatable bonds is 4. The van der Waals surface area contributed by atoms with Crippen molar-refractivity contribution in [1.82, 2.24) is 5.16 Å². The number of aliphatic imine (C=N–C) groups is 2. The molecule has 0 saturated heterocycles. The normalized spacial score (nSPS) is 14.5. The molecule has 130 valence electrons. The molecular weight excluding hydrogens is 318 g/mol. The van der Waals surface area contributed by atoms with Gasteiger partial charge in [-0.1, -0.05) is 5.16 Å². The number of esters is 1. The van der Waals surface area contributed by atoms with Gasteiger partial charge in [-0.25, -0.2) is 14.8 Å². The average Bonchev–Trinajstić information content (AvgIpc) is 3.39. The molecule has 1 fully saturated rings. The minimum Gasteiger partial charge on any atom is -0.465 e. The van der Waals surface area contributed by atoms with E-state index >= 15 is 0 Å². The average molecular weight is 339 g/mol. The molecule has 0 unspecified atom stereocenters. The van der Waals surface area contributed by atoms with Crippen molar-refractivity contribution < 1.29 is 14.1 Å². The molecule has 0 N–H and O–H groups in total. The van der Waals surface area contributed by atoms with Gasteiger partial charge in [-0.2, -0.15) is 0 Å². The number of amidine groups is 1. The van der Waals surface area contributed by atoms with Gasteiger partial charge in [0.05, 0.1) is 24.1 Å². The van der Waals surface area contributed by atoms with Crippen molar-refractivity contribution in [2.24, 2.45) is 15.9 Å². The van der Waals surface area contributed by atoms with Crippen LogP contribution < -0.4 is 0 Å². The van der Waals surface area contributed by atoms with Gasteiger partial charge in [-0.15, -0.1) is 0 Å². The summed E-state index contributed by atoms with van der Waals surface area (Å²) in [6.45, 7) is 9.19. The number of hydrogen-bond acceptors (Lipinski definition) is 5. The number of carbonyl (C=O) groups excluding carboxylic acids is 1. The van der Waals surface area contributed by atoms with E-state index in [0.717, 1.165) is 41.1 Å². The number of methoxy groups -OCH3 is 1. The lowest BCUT2D eigenvalue weighted by molar-refractivity contribution is 0.0600. The van der Waals surface area contributed by atoms with Crippen molar-refractivity contribution in [3.63, 3.8) is 0 Å². The summed E-state index contributed by atoms with van der Waals surface area (Å²) in [5.41, 5.74) is 4.35. The standard InChI is InChI=1S/C19H21N3O3/c1-10-15(19(23)24-5)8-14(17-11(2)22-25-12(17)3)9-16(10)21-18(20-4)13-6-7-13/h8-9,13H,4,6-7H2,1-3,5H3/b21-18-. The molecular formula is C19H21N3O3. The Bertz CT molecular complexity index is 857. The number of aromatic nitrogens is 1. The maximum absolute atomic E-state index is 12.2. The van der Waals surface area contributed by atoms with Crippen molar-refractivity contribution in [3.05, 3.63) is 34.7 Å². The molecule has 6 heteroatoms. The molecule has 0 aliphatic heterocycles. The molecule has 1 aliphatic carbocycles. The highest BCUT2D eigenvalue weighted by molar-refractivity contribution is 5.97. The lowest BCUT2D eigenvalue weighted by Gasteiger charge is -2.11. The van der Waals surface area contributed by atoms with Crippen LogP contribution in [-0.2, 0) is 4.74 Å². The molecule has 0 radical (unpaired) electrons. The maximum atomic E-state index is 12.2. The fraction of sp³-hybridized carbons (Fsp3) is 0.368. The fourth-order valence-electron chi connectivity index (χ4n) is 2.90. The second-order valence-corrected chi connectivity index (χ2v) is 6.26. The Kier molecular flexibility index (Phi) is 4.53. The van der Waals surface area contributed by atoms with Gasteiger partial charge in [0.25, 0.3) is 0 Å². The molecule has 1 aliphatic rings. The largest absolute Gasteiger partial charge is 0.465 e. The second kappa shape index (κ2) is 6.63. The van der Waals surface area contributed by atoms with Crippen LogP contribution >= 0.6 is 0 Å². The summed E-state index contributed by atoms with van der Waals surface area (Å²) in [6.07, 6.45) is 2.15. The van der Waals surface area contributed by atoms with E-state index in [-0.39, 0.29) is 0 Å². The molecule has 0 bridgehead atoms. The zero-order chi connectivity index (χ0) is 18.1. The Morgan fingerprint density at radius 3 is 2.56 bits per heavy atom. The molecule has 25 heavy (non-hydrogen) atoms. The highest BCUT2D eigenvalue weighted by Gasteiger charge is 2.27. The van der Waals surface area contributed by atoms with Crippen molar-refractivity contribution in [3.8, 4) is 11.1 Å². The number of hydrogen-bond donors (Lipinski definition) is 0. The molecule has 1 heterocycles. The van der Waals surface area contributed by atoms with Gasteiger partial charge in [0.15, 0.2) is 0 Å². The summed E-state index contributed by atoms with van der Waals surface area (Å²) in [4.78, 5) is 21.0. The zero-order valence-electron chi connectivity index (χ0n) is 14.9. The van der Waals surface area contributed by atoms with Crippen LogP contribution in [0.3, 0.4) is 0 Å². The Morgan fingerprint density at radius 1 is 1.32 bits per heavy atom. The number of carbonyl (C=O) groups is 1. The topological polar surface area (TPSA) is 77.0 Å². The minimum atomic E-state index is -0.401. The lowest BCUT2D eigenvalue weighted by Crippen LogP contribution is -2.05. The van der Waals surface area contributed by atoms with Crippen molar-refractivity contribution >= 4 is 24.2 Å². The van der Waals surface area contributed by atoms with Crippen LogP contribution in [0.25, 0.3) is 11.1 Å². The van der Waals surface area contributed by atoms with Gasteiger partial charge in [0.2, 0.25) is 0 Å². The Labute approximate surface area is 146 Å². The van der Waals surface area contributed by atoms with E-state index in [0.29, 0.717) is 22.9 Å². The molecule has 0 atom stereocenters. The van der Waals surface area contributed by atoms with Crippen molar-refractivity contribution in [2.75, 3.05) is 7.11 Å². The van der Waals surface area contributed by atoms with Crippen molar-refractivity contribution in [2.45, 2.75) is 33.6 Å². The van der Waals surface area contributed by atoms with E-state index in [4.69, 9.17) is 9.26 Å². The van der Waals surface area contributed by atoms with Gasteiger partial charge in [0, 0.05) is 11.5 Å². The van der Waals surface area contributed by atoms with Crippen LogP contribution in [0.4, 0.5) is 5.69 Å².